The first-order chi connectivity index (χ1) is 15.4. The molecule has 0 fully saturated rings. The van der Waals surface area contributed by atoms with Crippen LogP contribution >= 0.6 is 0 Å². The van der Waals surface area contributed by atoms with Gasteiger partial charge in [0.25, 0.3) is 0 Å². The highest BCUT2D eigenvalue weighted by atomic mass is 32.2. The Morgan fingerprint density at radius 3 is 2.38 bits per heavy atom. The fraction of sp³-hybridized carbons (Fsp3) is 0.400. The first-order valence-electron chi connectivity index (χ1n) is 11.3. The number of amides is 1. The second kappa shape index (κ2) is 10.8. The topological polar surface area (TPSA) is 71.4 Å². The van der Waals surface area contributed by atoms with Crippen molar-refractivity contribution in [1.29, 1.82) is 0 Å². The molecule has 1 unspecified atom stereocenters. The number of benzene rings is 2. The highest BCUT2D eigenvalue weighted by Crippen LogP contribution is 2.30. The van der Waals surface area contributed by atoms with Crippen molar-refractivity contribution in [2.45, 2.75) is 56.0 Å². The van der Waals surface area contributed by atoms with Gasteiger partial charge < -0.3 is 14.8 Å². The van der Waals surface area contributed by atoms with Crippen LogP contribution in [0.2, 0.25) is 0 Å². The van der Waals surface area contributed by atoms with Gasteiger partial charge in [-0.05, 0) is 57.6 Å². The molecule has 6 nitrogen and oxygen atoms in total. The predicted octanol–water partition coefficient (Wildman–Crippen LogP) is 4.10. The summed E-state index contributed by atoms with van der Waals surface area (Å²) >= 11 is 0. The van der Waals surface area contributed by atoms with Crippen LogP contribution in [-0.2, 0) is 21.2 Å². The van der Waals surface area contributed by atoms with E-state index in [9.17, 15) is 13.2 Å². The summed E-state index contributed by atoms with van der Waals surface area (Å²) < 4.78 is 28.2. The molecule has 0 radical (unpaired) electrons. The number of para-hydroxylation sites is 1. The molecule has 3 aromatic rings. The summed E-state index contributed by atoms with van der Waals surface area (Å²) in [7, 11) is -3.69. The third kappa shape index (κ3) is 5.58. The summed E-state index contributed by atoms with van der Waals surface area (Å²) in [5.74, 6) is -0.121. The van der Waals surface area contributed by atoms with Crippen LogP contribution in [0.5, 0.6) is 0 Å². The molecule has 1 atom stereocenters. The molecular weight excluding hydrogens is 422 g/mol. The standard InChI is InChI=1S/C25H33N3O3S/c1-4-27(5-2)17-11-12-20(3)26-25(29)19-28-18-24(22-15-9-10-16-23(22)28)32(30,31)21-13-7-6-8-14-21/h6-10,13-16,18,20H,4-5,11-12,17,19H2,1-3H3,(H,26,29). The van der Waals surface area contributed by atoms with E-state index in [1.807, 2.05) is 25.1 Å². The highest BCUT2D eigenvalue weighted by molar-refractivity contribution is 7.91. The average Bonchev–Trinajstić information content (AvgIpc) is 3.16. The Bertz CT molecular complexity index is 1140. The molecule has 0 aliphatic heterocycles. The maximum atomic E-state index is 13.2. The first-order valence-corrected chi connectivity index (χ1v) is 12.7. The number of nitrogens with zero attached hydrogens (tertiary/aromatic N) is 2. The second-order valence-electron chi connectivity index (χ2n) is 8.09. The number of carbonyl (C=O) groups excluding carboxylic acids is 1. The highest BCUT2D eigenvalue weighted by Gasteiger charge is 2.23. The van der Waals surface area contributed by atoms with E-state index in [1.54, 1.807) is 47.2 Å². The minimum atomic E-state index is -3.69. The largest absolute Gasteiger partial charge is 0.352 e. The zero-order chi connectivity index (χ0) is 23.1. The minimum Gasteiger partial charge on any atom is -0.352 e. The van der Waals surface area contributed by atoms with Crippen molar-refractivity contribution in [1.82, 2.24) is 14.8 Å². The second-order valence-corrected chi connectivity index (χ2v) is 10.0. The number of fused-ring (bicyclic) bond motifs is 1. The lowest BCUT2D eigenvalue weighted by Gasteiger charge is -2.20. The van der Waals surface area contributed by atoms with Gasteiger partial charge >= 0.3 is 0 Å². The van der Waals surface area contributed by atoms with Gasteiger partial charge in [0.15, 0.2) is 0 Å². The molecule has 1 aromatic heterocycles. The van der Waals surface area contributed by atoms with E-state index in [4.69, 9.17) is 0 Å². The molecule has 0 saturated heterocycles. The molecule has 172 valence electrons. The number of carbonyl (C=O) groups is 1. The lowest BCUT2D eigenvalue weighted by atomic mass is 10.1. The van der Waals surface area contributed by atoms with Crippen LogP contribution in [0.15, 0.2) is 70.6 Å². The summed E-state index contributed by atoms with van der Waals surface area (Å²) in [6, 6.07) is 15.8. The Kier molecular flexibility index (Phi) is 8.10. The van der Waals surface area contributed by atoms with E-state index in [0.29, 0.717) is 5.39 Å². The van der Waals surface area contributed by atoms with Gasteiger partial charge in [-0.3, -0.25) is 4.79 Å². The molecular formula is C25H33N3O3S. The SMILES string of the molecule is CCN(CC)CCCC(C)NC(=O)Cn1cc(S(=O)(=O)c2ccccc2)c2ccccc21. The molecule has 32 heavy (non-hydrogen) atoms. The molecule has 0 spiro atoms. The molecule has 1 amide bonds. The van der Waals surface area contributed by atoms with E-state index in [2.05, 4.69) is 24.1 Å². The quantitative estimate of drug-likeness (QED) is 0.473. The fourth-order valence-electron chi connectivity index (χ4n) is 3.99. The average molecular weight is 456 g/mol. The van der Waals surface area contributed by atoms with Crippen LogP contribution in [0.3, 0.4) is 0 Å². The number of hydrogen-bond donors (Lipinski definition) is 1. The van der Waals surface area contributed by atoms with Crippen LogP contribution in [-0.4, -0.2) is 49.5 Å². The lowest BCUT2D eigenvalue weighted by Crippen LogP contribution is -2.35. The van der Waals surface area contributed by atoms with E-state index in [-0.39, 0.29) is 28.3 Å². The minimum absolute atomic E-state index is 0.0624. The van der Waals surface area contributed by atoms with E-state index in [1.165, 1.54) is 0 Å². The van der Waals surface area contributed by atoms with Crippen LogP contribution in [0.25, 0.3) is 10.9 Å². The van der Waals surface area contributed by atoms with Gasteiger partial charge in [-0.25, -0.2) is 8.42 Å². The molecule has 0 aliphatic rings. The fourth-order valence-corrected chi connectivity index (χ4v) is 5.49. The number of sulfone groups is 1. The molecule has 0 aliphatic carbocycles. The smallest absolute Gasteiger partial charge is 0.240 e. The summed E-state index contributed by atoms with van der Waals surface area (Å²) in [5, 5.41) is 3.68. The Labute approximate surface area is 191 Å². The molecule has 0 saturated carbocycles. The van der Waals surface area contributed by atoms with Crippen LogP contribution < -0.4 is 5.32 Å². The van der Waals surface area contributed by atoms with Crippen molar-refractivity contribution in [3.05, 3.63) is 60.8 Å². The van der Waals surface area contributed by atoms with Crippen molar-refractivity contribution >= 4 is 26.6 Å². The van der Waals surface area contributed by atoms with Gasteiger partial charge in [0.05, 0.1) is 9.79 Å². The van der Waals surface area contributed by atoms with Gasteiger partial charge in [0.2, 0.25) is 15.7 Å². The molecule has 3 rings (SSSR count). The van der Waals surface area contributed by atoms with E-state index < -0.39 is 9.84 Å². The normalized spacial score (nSPS) is 12.9. The van der Waals surface area contributed by atoms with Gasteiger partial charge in [-0.2, -0.15) is 0 Å². The number of hydrogen-bond acceptors (Lipinski definition) is 4. The van der Waals surface area contributed by atoms with Crippen molar-refractivity contribution < 1.29 is 13.2 Å². The molecule has 1 N–H and O–H groups in total. The van der Waals surface area contributed by atoms with E-state index in [0.717, 1.165) is 38.0 Å². The third-order valence-corrected chi connectivity index (χ3v) is 7.62. The number of rotatable bonds is 11. The van der Waals surface area contributed by atoms with Crippen LogP contribution in [0, 0.1) is 0 Å². The van der Waals surface area contributed by atoms with Crippen molar-refractivity contribution in [2.24, 2.45) is 0 Å². The first kappa shape index (κ1) is 24.0. The molecule has 7 heteroatoms. The summed E-state index contributed by atoms with van der Waals surface area (Å²) in [5.41, 5.74) is 0.728. The molecule has 1 heterocycles. The molecule has 0 bridgehead atoms. The van der Waals surface area contributed by atoms with E-state index >= 15 is 0 Å². The van der Waals surface area contributed by atoms with Crippen LogP contribution in [0.1, 0.15) is 33.6 Å². The Morgan fingerprint density at radius 1 is 1.03 bits per heavy atom. The van der Waals surface area contributed by atoms with Gasteiger partial charge in [-0.15, -0.1) is 0 Å². The van der Waals surface area contributed by atoms with Gasteiger partial charge in [0, 0.05) is 23.1 Å². The van der Waals surface area contributed by atoms with Crippen molar-refractivity contribution in [3.8, 4) is 0 Å². The third-order valence-electron chi connectivity index (χ3n) is 5.82. The maximum Gasteiger partial charge on any atom is 0.240 e. The zero-order valence-corrected chi connectivity index (χ0v) is 19.9. The maximum absolute atomic E-state index is 13.2. The lowest BCUT2D eigenvalue weighted by molar-refractivity contribution is -0.122. The number of nitrogens with one attached hydrogen (secondary N) is 1. The Morgan fingerprint density at radius 2 is 1.69 bits per heavy atom. The van der Waals surface area contributed by atoms with Crippen molar-refractivity contribution in [2.75, 3.05) is 19.6 Å². The summed E-state index contributed by atoms with van der Waals surface area (Å²) in [6.07, 6.45) is 3.51. The monoisotopic (exact) mass is 455 g/mol. The Balaban J connectivity index is 1.74. The zero-order valence-electron chi connectivity index (χ0n) is 19.1. The molecule has 2 aromatic carbocycles. The predicted molar refractivity (Wildman–Crippen MR) is 128 cm³/mol. The summed E-state index contributed by atoms with van der Waals surface area (Å²) in [4.78, 5) is 15.5. The Hall–Kier alpha value is -2.64. The van der Waals surface area contributed by atoms with Gasteiger partial charge in [0.1, 0.15) is 6.54 Å². The van der Waals surface area contributed by atoms with Gasteiger partial charge in [-0.1, -0.05) is 50.2 Å². The van der Waals surface area contributed by atoms with Crippen LogP contribution in [0.4, 0.5) is 0 Å². The summed E-state index contributed by atoms with van der Waals surface area (Å²) in [6.45, 7) is 9.49. The van der Waals surface area contributed by atoms with Crippen molar-refractivity contribution in [3.63, 3.8) is 0 Å². The number of aromatic nitrogens is 1.